The van der Waals surface area contributed by atoms with E-state index >= 15 is 0 Å². The zero-order valence-corrected chi connectivity index (χ0v) is 14.0. The minimum Gasteiger partial charge on any atom is -0.342 e. The van der Waals surface area contributed by atoms with E-state index in [0.717, 1.165) is 38.4 Å². The Hall–Kier alpha value is -2.18. The van der Waals surface area contributed by atoms with E-state index in [-0.39, 0.29) is 12.3 Å². The van der Waals surface area contributed by atoms with E-state index in [1.54, 1.807) is 0 Å². The van der Waals surface area contributed by atoms with Gasteiger partial charge in [-0.05, 0) is 38.5 Å². The molecule has 7 nitrogen and oxygen atoms in total. The molecule has 2 aliphatic rings. The van der Waals surface area contributed by atoms with Crippen LogP contribution in [0.25, 0.3) is 0 Å². The Morgan fingerprint density at radius 2 is 2.04 bits per heavy atom. The Morgan fingerprint density at radius 3 is 2.71 bits per heavy atom. The summed E-state index contributed by atoms with van der Waals surface area (Å²) in [5.41, 5.74) is 1.34. The van der Waals surface area contributed by atoms with Gasteiger partial charge in [0, 0.05) is 37.9 Å². The van der Waals surface area contributed by atoms with Crippen LogP contribution in [0.5, 0.6) is 0 Å². The van der Waals surface area contributed by atoms with Crippen LogP contribution in [0.2, 0.25) is 0 Å². The predicted octanol–water partition coefficient (Wildman–Crippen LogP) is 1.93. The van der Waals surface area contributed by atoms with Crippen molar-refractivity contribution in [2.45, 2.75) is 51.5 Å². The quantitative estimate of drug-likeness (QED) is 0.838. The normalized spacial score (nSPS) is 19.0. The van der Waals surface area contributed by atoms with Crippen molar-refractivity contribution >= 4 is 5.91 Å². The number of carbonyl (C=O) groups excluding carboxylic acids is 1. The molecule has 2 aromatic heterocycles. The van der Waals surface area contributed by atoms with Crippen LogP contribution in [0.3, 0.4) is 0 Å². The first-order valence-corrected chi connectivity index (χ1v) is 8.77. The van der Waals surface area contributed by atoms with E-state index in [0.29, 0.717) is 17.3 Å². The van der Waals surface area contributed by atoms with Crippen molar-refractivity contribution in [3.63, 3.8) is 0 Å². The molecule has 1 amide bonds. The fourth-order valence-electron chi connectivity index (χ4n) is 3.47. The zero-order valence-electron chi connectivity index (χ0n) is 14.0. The number of hydrogen-bond donors (Lipinski definition) is 0. The third-order valence-electron chi connectivity index (χ3n) is 5.18. The molecule has 2 fully saturated rings. The van der Waals surface area contributed by atoms with Gasteiger partial charge in [0.05, 0.1) is 6.42 Å². The van der Waals surface area contributed by atoms with Crippen LogP contribution < -0.4 is 0 Å². The minimum absolute atomic E-state index is 0.105. The molecule has 128 valence electrons. The van der Waals surface area contributed by atoms with E-state index in [1.165, 1.54) is 18.7 Å². The molecule has 0 atom stereocenters. The number of nitrogens with zero attached hydrogens (tertiary/aromatic N) is 5. The molecule has 0 bridgehead atoms. The van der Waals surface area contributed by atoms with E-state index < -0.39 is 0 Å². The first-order chi connectivity index (χ1) is 11.7. The second kappa shape index (κ2) is 6.37. The van der Waals surface area contributed by atoms with Crippen molar-refractivity contribution in [3.8, 4) is 0 Å². The Morgan fingerprint density at radius 1 is 1.25 bits per heavy atom. The van der Waals surface area contributed by atoms with Gasteiger partial charge in [0.25, 0.3) is 0 Å². The summed E-state index contributed by atoms with van der Waals surface area (Å²) in [5, 5.41) is 7.54. The smallest absolute Gasteiger partial charge is 0.228 e. The fourth-order valence-corrected chi connectivity index (χ4v) is 3.47. The number of carbonyl (C=O) groups is 1. The van der Waals surface area contributed by atoms with Gasteiger partial charge in [-0.2, -0.15) is 0 Å². The maximum absolute atomic E-state index is 12.4. The van der Waals surface area contributed by atoms with Crippen LogP contribution in [0.1, 0.15) is 48.8 Å². The Labute approximate surface area is 141 Å². The molecule has 4 rings (SSSR count). The van der Waals surface area contributed by atoms with Crippen molar-refractivity contribution in [1.29, 1.82) is 0 Å². The number of rotatable bonds is 5. The Balaban J connectivity index is 1.34. The van der Waals surface area contributed by atoms with Crippen LogP contribution in [-0.2, 0) is 17.8 Å². The van der Waals surface area contributed by atoms with E-state index in [1.807, 2.05) is 18.0 Å². The molecule has 7 heteroatoms. The molecule has 1 saturated heterocycles. The van der Waals surface area contributed by atoms with Gasteiger partial charge in [-0.15, -0.1) is 0 Å². The molecule has 2 aromatic rings. The second-order valence-corrected chi connectivity index (χ2v) is 7.01. The fraction of sp³-hybridized carbons (Fsp3) is 0.647. The molecule has 0 unspecified atom stereocenters. The average Bonchev–Trinajstić information content (AvgIpc) is 3.13. The summed E-state index contributed by atoms with van der Waals surface area (Å²) < 4.78 is 6.99. The predicted molar refractivity (Wildman–Crippen MR) is 86.2 cm³/mol. The first-order valence-electron chi connectivity index (χ1n) is 8.77. The maximum atomic E-state index is 12.4. The van der Waals surface area contributed by atoms with Crippen molar-refractivity contribution in [2.24, 2.45) is 5.92 Å². The zero-order chi connectivity index (χ0) is 16.5. The van der Waals surface area contributed by atoms with Crippen LogP contribution in [0, 0.1) is 12.8 Å². The highest BCUT2D eigenvalue weighted by Gasteiger charge is 2.29. The highest BCUT2D eigenvalue weighted by molar-refractivity contribution is 5.78. The molecular weight excluding hydrogens is 306 g/mol. The molecule has 1 saturated carbocycles. The number of likely N-dealkylation sites (tertiary alicyclic amines) is 1. The standard InChI is InChI=1S/C17H23N5O2/c1-12-15(20-24-19-12)10-16(23)21-7-4-14(5-8-21)17-18-6-9-22(17)11-13-2-3-13/h6,9,13-14H,2-5,7-8,10-11H2,1H3. The topological polar surface area (TPSA) is 77.1 Å². The van der Waals surface area contributed by atoms with Crippen LogP contribution in [0.4, 0.5) is 0 Å². The average molecular weight is 329 g/mol. The van der Waals surface area contributed by atoms with Gasteiger partial charge in [-0.25, -0.2) is 9.61 Å². The lowest BCUT2D eigenvalue weighted by atomic mass is 9.95. The molecule has 0 radical (unpaired) electrons. The summed E-state index contributed by atoms with van der Waals surface area (Å²) in [6, 6.07) is 0. The lowest BCUT2D eigenvalue weighted by Crippen LogP contribution is -2.39. The van der Waals surface area contributed by atoms with Gasteiger partial charge in [-0.3, -0.25) is 4.79 Å². The van der Waals surface area contributed by atoms with Crippen molar-refractivity contribution in [2.75, 3.05) is 13.1 Å². The molecular formula is C17H23N5O2. The number of imidazole rings is 1. The van der Waals surface area contributed by atoms with E-state index in [9.17, 15) is 4.79 Å². The minimum atomic E-state index is 0.105. The maximum Gasteiger partial charge on any atom is 0.228 e. The molecule has 1 aliphatic carbocycles. The van der Waals surface area contributed by atoms with Crippen molar-refractivity contribution < 1.29 is 9.42 Å². The summed E-state index contributed by atoms with van der Waals surface area (Å²) in [7, 11) is 0. The third-order valence-corrected chi connectivity index (χ3v) is 5.18. The van der Waals surface area contributed by atoms with Gasteiger partial charge in [0.2, 0.25) is 5.91 Å². The summed E-state index contributed by atoms with van der Waals surface area (Å²) in [4.78, 5) is 18.9. The van der Waals surface area contributed by atoms with Crippen molar-refractivity contribution in [1.82, 2.24) is 24.8 Å². The third kappa shape index (κ3) is 3.20. The largest absolute Gasteiger partial charge is 0.342 e. The SMILES string of the molecule is Cc1nonc1CC(=O)N1CCC(c2nccn2CC2CC2)CC1. The summed E-state index contributed by atoms with van der Waals surface area (Å²) in [6.45, 7) is 4.48. The van der Waals surface area contributed by atoms with Gasteiger partial charge in [-0.1, -0.05) is 10.3 Å². The van der Waals surface area contributed by atoms with E-state index in [2.05, 4.69) is 30.7 Å². The Kier molecular flexibility index (Phi) is 4.08. The molecule has 0 spiro atoms. The van der Waals surface area contributed by atoms with Gasteiger partial charge in [0.1, 0.15) is 17.2 Å². The second-order valence-electron chi connectivity index (χ2n) is 7.01. The number of aryl methyl sites for hydroxylation is 1. The molecule has 24 heavy (non-hydrogen) atoms. The lowest BCUT2D eigenvalue weighted by Gasteiger charge is -2.32. The van der Waals surface area contributed by atoms with Crippen LogP contribution >= 0.6 is 0 Å². The van der Waals surface area contributed by atoms with Gasteiger partial charge < -0.3 is 9.47 Å². The Bertz CT molecular complexity index is 710. The summed E-state index contributed by atoms with van der Waals surface area (Å²) >= 11 is 0. The number of aromatic nitrogens is 4. The molecule has 1 aliphatic heterocycles. The van der Waals surface area contributed by atoms with E-state index in [4.69, 9.17) is 0 Å². The number of hydrogen-bond acceptors (Lipinski definition) is 5. The monoisotopic (exact) mass is 329 g/mol. The summed E-state index contributed by atoms with van der Waals surface area (Å²) in [6.07, 6.45) is 8.94. The first kappa shape index (κ1) is 15.4. The van der Waals surface area contributed by atoms with Crippen molar-refractivity contribution in [3.05, 3.63) is 29.6 Å². The molecule has 3 heterocycles. The van der Waals surface area contributed by atoms with Gasteiger partial charge >= 0.3 is 0 Å². The van der Waals surface area contributed by atoms with Crippen LogP contribution in [-0.4, -0.2) is 43.8 Å². The highest BCUT2D eigenvalue weighted by atomic mass is 16.6. The molecule has 0 N–H and O–H groups in total. The highest BCUT2D eigenvalue weighted by Crippen LogP contribution is 2.33. The van der Waals surface area contributed by atoms with Crippen LogP contribution in [0.15, 0.2) is 17.0 Å². The molecule has 0 aromatic carbocycles. The summed E-state index contributed by atoms with van der Waals surface area (Å²) in [5.74, 6) is 2.61. The lowest BCUT2D eigenvalue weighted by molar-refractivity contribution is -0.131. The van der Waals surface area contributed by atoms with Gasteiger partial charge in [0.15, 0.2) is 0 Å². The number of amides is 1. The number of piperidine rings is 1.